The smallest absolute Gasteiger partial charge is 0.248 e. The Morgan fingerprint density at radius 1 is 1.00 bits per heavy atom. The second-order valence-electron chi connectivity index (χ2n) is 4.79. The number of aromatic amines is 1. The molecule has 0 aliphatic rings. The summed E-state index contributed by atoms with van der Waals surface area (Å²) in [4.78, 5) is 3.29. The third-order valence-corrected chi connectivity index (χ3v) is 3.83. The van der Waals surface area contributed by atoms with Crippen LogP contribution in [-0.2, 0) is 13.5 Å². The van der Waals surface area contributed by atoms with Gasteiger partial charge in [-0.05, 0) is 12.8 Å². The molecule has 3 heteroatoms. The van der Waals surface area contributed by atoms with Crippen LogP contribution in [0.4, 0.5) is 0 Å². The SMILES string of the molecule is C[n+]1cc[nH]c1CCCCCCCCCCBr. The van der Waals surface area contributed by atoms with Gasteiger partial charge >= 0.3 is 0 Å². The maximum absolute atomic E-state index is 3.47. The van der Waals surface area contributed by atoms with Crippen LogP contribution in [0.25, 0.3) is 0 Å². The van der Waals surface area contributed by atoms with Crippen molar-refractivity contribution in [1.82, 2.24) is 4.98 Å². The minimum atomic E-state index is 1.17. The molecule has 0 spiro atoms. The third-order valence-electron chi connectivity index (χ3n) is 3.27. The highest BCUT2D eigenvalue weighted by atomic mass is 79.9. The van der Waals surface area contributed by atoms with Crippen LogP contribution in [0.5, 0.6) is 0 Å². The summed E-state index contributed by atoms with van der Waals surface area (Å²) in [6.45, 7) is 0. The molecule has 0 saturated heterocycles. The van der Waals surface area contributed by atoms with E-state index in [1.807, 2.05) is 6.20 Å². The molecule has 1 rings (SSSR count). The molecule has 0 aliphatic carbocycles. The fourth-order valence-electron chi connectivity index (χ4n) is 2.13. The highest BCUT2D eigenvalue weighted by Gasteiger charge is 2.04. The number of aromatic nitrogens is 2. The summed E-state index contributed by atoms with van der Waals surface area (Å²) < 4.78 is 2.18. The topological polar surface area (TPSA) is 19.7 Å². The standard InChI is InChI=1S/C14H25BrN2/c1-17-13-12-16-14(17)10-8-6-4-2-3-5-7-9-11-15/h12-13H,2-11H2,1H3/p+1. The van der Waals surface area contributed by atoms with E-state index in [-0.39, 0.29) is 0 Å². The molecule has 0 radical (unpaired) electrons. The summed E-state index contributed by atoms with van der Waals surface area (Å²) in [5.74, 6) is 1.35. The van der Waals surface area contributed by atoms with Crippen molar-refractivity contribution in [3.05, 3.63) is 18.2 Å². The van der Waals surface area contributed by atoms with Crippen molar-refractivity contribution in [2.75, 3.05) is 5.33 Å². The second-order valence-corrected chi connectivity index (χ2v) is 5.58. The zero-order valence-corrected chi connectivity index (χ0v) is 12.6. The van der Waals surface area contributed by atoms with Crippen molar-refractivity contribution in [3.63, 3.8) is 0 Å². The van der Waals surface area contributed by atoms with Crippen molar-refractivity contribution >= 4 is 15.9 Å². The first kappa shape index (κ1) is 14.7. The largest absolute Gasteiger partial charge is 0.253 e. The molecule has 98 valence electrons. The van der Waals surface area contributed by atoms with Gasteiger partial charge in [0.15, 0.2) is 0 Å². The summed E-state index contributed by atoms with van der Waals surface area (Å²) >= 11 is 3.47. The Kier molecular flexibility index (Phi) is 8.41. The van der Waals surface area contributed by atoms with Gasteiger partial charge in [-0.1, -0.05) is 54.5 Å². The van der Waals surface area contributed by atoms with Crippen LogP contribution >= 0.6 is 15.9 Å². The monoisotopic (exact) mass is 301 g/mol. The first-order valence-corrected chi connectivity index (χ1v) is 8.04. The first-order chi connectivity index (χ1) is 8.34. The van der Waals surface area contributed by atoms with Gasteiger partial charge in [-0.25, -0.2) is 9.55 Å². The van der Waals surface area contributed by atoms with Crippen molar-refractivity contribution in [3.8, 4) is 0 Å². The molecule has 0 aliphatic heterocycles. The van der Waals surface area contributed by atoms with E-state index < -0.39 is 0 Å². The highest BCUT2D eigenvalue weighted by molar-refractivity contribution is 9.09. The fourth-order valence-corrected chi connectivity index (χ4v) is 2.53. The number of aryl methyl sites for hydroxylation is 2. The van der Waals surface area contributed by atoms with E-state index in [1.165, 1.54) is 68.9 Å². The van der Waals surface area contributed by atoms with Gasteiger partial charge in [0, 0.05) is 11.8 Å². The van der Waals surface area contributed by atoms with E-state index in [9.17, 15) is 0 Å². The van der Waals surface area contributed by atoms with Crippen molar-refractivity contribution in [2.24, 2.45) is 7.05 Å². The number of H-pyrrole nitrogens is 1. The Morgan fingerprint density at radius 3 is 2.12 bits per heavy atom. The van der Waals surface area contributed by atoms with Crippen molar-refractivity contribution in [2.45, 2.75) is 57.8 Å². The summed E-state index contributed by atoms with van der Waals surface area (Å²) in [6.07, 6.45) is 16.4. The lowest BCUT2D eigenvalue weighted by atomic mass is 10.1. The van der Waals surface area contributed by atoms with Gasteiger partial charge in [0.05, 0.1) is 7.05 Å². The number of hydrogen-bond donors (Lipinski definition) is 1. The normalized spacial score (nSPS) is 10.9. The second kappa shape index (κ2) is 9.69. The molecule has 0 bridgehead atoms. The summed E-state index contributed by atoms with van der Waals surface area (Å²) in [5.41, 5.74) is 0. The highest BCUT2D eigenvalue weighted by Crippen LogP contribution is 2.10. The molecular formula is C14H26BrN2+. The first-order valence-electron chi connectivity index (χ1n) is 6.92. The lowest BCUT2D eigenvalue weighted by molar-refractivity contribution is -0.677. The number of rotatable bonds is 10. The summed E-state index contributed by atoms with van der Waals surface area (Å²) in [7, 11) is 2.11. The Morgan fingerprint density at radius 2 is 1.59 bits per heavy atom. The maximum atomic E-state index is 3.47. The summed E-state index contributed by atoms with van der Waals surface area (Å²) in [5, 5.41) is 1.17. The lowest BCUT2D eigenvalue weighted by Crippen LogP contribution is -2.30. The van der Waals surface area contributed by atoms with E-state index in [2.05, 4.69) is 38.7 Å². The molecule has 0 atom stereocenters. The molecule has 2 nitrogen and oxygen atoms in total. The molecule has 1 heterocycles. The Hall–Kier alpha value is -0.310. The predicted octanol–water partition coefficient (Wildman–Crippen LogP) is 3.90. The number of halogens is 1. The van der Waals surface area contributed by atoms with Crippen LogP contribution in [0.2, 0.25) is 0 Å². The van der Waals surface area contributed by atoms with Gasteiger partial charge in [0.1, 0.15) is 12.4 Å². The average Bonchev–Trinajstić information content (AvgIpc) is 2.73. The van der Waals surface area contributed by atoms with Crippen LogP contribution in [0.3, 0.4) is 0 Å². The van der Waals surface area contributed by atoms with E-state index in [0.717, 1.165) is 0 Å². The minimum Gasteiger partial charge on any atom is -0.248 e. The summed E-state index contributed by atoms with van der Waals surface area (Å²) in [6, 6.07) is 0. The van der Waals surface area contributed by atoms with Crippen LogP contribution in [0, 0.1) is 0 Å². The maximum Gasteiger partial charge on any atom is 0.253 e. The van der Waals surface area contributed by atoms with Crippen LogP contribution < -0.4 is 4.57 Å². The molecule has 1 N–H and O–H groups in total. The fraction of sp³-hybridized carbons (Fsp3) is 0.786. The zero-order chi connectivity index (χ0) is 12.3. The minimum absolute atomic E-state index is 1.17. The Balaban J connectivity index is 1.86. The Bertz CT molecular complexity index is 284. The number of nitrogens with one attached hydrogen (secondary N) is 1. The van der Waals surface area contributed by atoms with Crippen LogP contribution in [0.15, 0.2) is 12.4 Å². The van der Waals surface area contributed by atoms with Crippen molar-refractivity contribution in [1.29, 1.82) is 0 Å². The van der Waals surface area contributed by atoms with E-state index in [0.29, 0.717) is 0 Å². The van der Waals surface area contributed by atoms with Crippen LogP contribution in [0.1, 0.15) is 57.2 Å². The van der Waals surface area contributed by atoms with Gasteiger partial charge < -0.3 is 0 Å². The molecule has 1 aromatic rings. The molecule has 0 unspecified atom stereocenters. The Labute approximate surface area is 114 Å². The molecule has 17 heavy (non-hydrogen) atoms. The van der Waals surface area contributed by atoms with Gasteiger partial charge in [-0.3, -0.25) is 0 Å². The number of unbranched alkanes of at least 4 members (excludes halogenated alkanes) is 7. The number of alkyl halides is 1. The number of imidazole rings is 1. The van der Waals surface area contributed by atoms with Gasteiger partial charge in [-0.2, -0.15) is 0 Å². The third kappa shape index (κ3) is 6.87. The average molecular weight is 302 g/mol. The molecule has 0 amide bonds. The van der Waals surface area contributed by atoms with Gasteiger partial charge in [0.2, 0.25) is 0 Å². The number of hydrogen-bond acceptors (Lipinski definition) is 0. The lowest BCUT2D eigenvalue weighted by Gasteiger charge is -2.00. The molecule has 0 saturated carbocycles. The number of nitrogens with zero attached hydrogens (tertiary/aromatic N) is 1. The van der Waals surface area contributed by atoms with E-state index in [1.54, 1.807) is 0 Å². The van der Waals surface area contributed by atoms with E-state index >= 15 is 0 Å². The van der Waals surface area contributed by atoms with E-state index in [4.69, 9.17) is 0 Å². The van der Waals surface area contributed by atoms with Crippen molar-refractivity contribution < 1.29 is 4.57 Å². The molecular weight excluding hydrogens is 276 g/mol. The molecule has 0 aromatic carbocycles. The zero-order valence-electron chi connectivity index (χ0n) is 11.1. The van der Waals surface area contributed by atoms with Crippen LogP contribution in [-0.4, -0.2) is 10.3 Å². The van der Waals surface area contributed by atoms with Gasteiger partial charge in [-0.15, -0.1) is 0 Å². The van der Waals surface area contributed by atoms with Gasteiger partial charge in [0.25, 0.3) is 5.82 Å². The quantitative estimate of drug-likeness (QED) is 0.384. The molecule has 1 aromatic heterocycles. The molecule has 0 fully saturated rings. The predicted molar refractivity (Wildman–Crippen MR) is 76.4 cm³/mol.